The molecule has 0 fully saturated rings. The molecule has 0 amide bonds. The number of aromatic nitrogens is 1. The van der Waals surface area contributed by atoms with Gasteiger partial charge in [-0.25, -0.2) is 0 Å². The van der Waals surface area contributed by atoms with Gasteiger partial charge >= 0.3 is 0 Å². The van der Waals surface area contributed by atoms with Crippen LogP contribution < -0.4 is 5.73 Å². The Hall–Kier alpha value is -0.740. The summed E-state index contributed by atoms with van der Waals surface area (Å²) < 4.78 is 0. The van der Waals surface area contributed by atoms with Crippen molar-refractivity contribution in [1.82, 2.24) is 4.98 Å². The molecule has 0 spiro atoms. The Kier molecular flexibility index (Phi) is 4.05. The van der Waals surface area contributed by atoms with Crippen molar-refractivity contribution in [2.45, 2.75) is 13.0 Å². The first-order chi connectivity index (χ1) is 6.25. The van der Waals surface area contributed by atoms with Crippen LogP contribution in [0, 0.1) is 0 Å². The van der Waals surface area contributed by atoms with Gasteiger partial charge in [0, 0.05) is 29.4 Å². The molecule has 1 aromatic heterocycles. The first kappa shape index (κ1) is 10.3. The van der Waals surface area contributed by atoms with Crippen molar-refractivity contribution in [3.63, 3.8) is 0 Å². The smallest absolute Gasteiger partial charge is 0.0915 e. The van der Waals surface area contributed by atoms with Crippen LogP contribution in [0.4, 0.5) is 5.69 Å². The molecule has 3 N–H and O–H groups in total. The topological polar surface area (TPSA) is 59.1 Å². The molecule has 0 saturated heterocycles. The number of hydrogen-bond donors (Lipinski definition) is 2. The zero-order valence-corrected chi connectivity index (χ0v) is 8.42. The first-order valence-corrected chi connectivity index (χ1v) is 5.36. The van der Waals surface area contributed by atoms with Crippen LogP contribution in [-0.2, 0) is 0 Å². The summed E-state index contributed by atoms with van der Waals surface area (Å²) in [6.45, 7) is 2.06. The fraction of sp³-hybridized carbons (Fsp3) is 0.444. The molecule has 4 heteroatoms. The summed E-state index contributed by atoms with van der Waals surface area (Å²) in [5.74, 6) is 1.67. The van der Waals surface area contributed by atoms with E-state index in [9.17, 15) is 5.11 Å². The quantitative estimate of drug-likeness (QED) is 0.768. The minimum atomic E-state index is -0.501. The lowest BCUT2D eigenvalue weighted by atomic mass is 10.1. The van der Waals surface area contributed by atoms with Gasteiger partial charge in [0.15, 0.2) is 0 Å². The molecular formula is C9H14N2OS. The molecule has 0 aliphatic rings. The summed E-state index contributed by atoms with van der Waals surface area (Å²) in [6, 6.07) is 1.70. The lowest BCUT2D eigenvalue weighted by Crippen LogP contribution is -2.05. The fourth-order valence-corrected chi connectivity index (χ4v) is 1.65. The number of pyridine rings is 1. The summed E-state index contributed by atoms with van der Waals surface area (Å²) in [4.78, 5) is 3.93. The number of nitrogens with two attached hydrogens (primary N) is 1. The third-order valence-electron chi connectivity index (χ3n) is 1.73. The van der Waals surface area contributed by atoms with E-state index in [-0.39, 0.29) is 0 Å². The van der Waals surface area contributed by atoms with Crippen LogP contribution in [0.2, 0.25) is 0 Å². The van der Waals surface area contributed by atoms with Crippen LogP contribution in [0.1, 0.15) is 18.6 Å². The molecule has 13 heavy (non-hydrogen) atoms. The maximum absolute atomic E-state index is 9.69. The molecule has 0 radical (unpaired) electrons. The number of rotatable bonds is 4. The molecule has 1 rings (SSSR count). The number of nitrogen functional groups attached to an aromatic ring is 1. The molecule has 0 bridgehead atoms. The van der Waals surface area contributed by atoms with Gasteiger partial charge in [0.1, 0.15) is 0 Å². The van der Waals surface area contributed by atoms with E-state index in [0.29, 0.717) is 11.4 Å². The maximum atomic E-state index is 9.69. The van der Waals surface area contributed by atoms with E-state index in [0.717, 1.165) is 11.3 Å². The van der Waals surface area contributed by atoms with Gasteiger partial charge in [0.05, 0.1) is 6.10 Å². The predicted molar refractivity (Wildman–Crippen MR) is 56.6 cm³/mol. The molecule has 3 nitrogen and oxygen atoms in total. The third-order valence-corrected chi connectivity index (χ3v) is 2.69. The molecule has 72 valence electrons. The molecule has 0 aliphatic carbocycles. The van der Waals surface area contributed by atoms with E-state index in [1.54, 1.807) is 30.2 Å². The minimum Gasteiger partial charge on any atom is -0.398 e. The van der Waals surface area contributed by atoms with Crippen LogP contribution in [0.3, 0.4) is 0 Å². The summed E-state index contributed by atoms with van der Waals surface area (Å²) in [5, 5.41) is 9.69. The van der Waals surface area contributed by atoms with Crippen molar-refractivity contribution >= 4 is 17.4 Å². The third kappa shape index (κ3) is 2.90. The summed E-state index contributed by atoms with van der Waals surface area (Å²) in [6.07, 6.45) is 2.74. The number of nitrogens with zero attached hydrogens (tertiary/aromatic N) is 1. The Morgan fingerprint density at radius 1 is 1.69 bits per heavy atom. The van der Waals surface area contributed by atoms with Crippen molar-refractivity contribution in [1.29, 1.82) is 0 Å². The molecule has 1 aromatic rings. The molecule has 1 heterocycles. The summed E-state index contributed by atoms with van der Waals surface area (Å²) in [7, 11) is 0. The van der Waals surface area contributed by atoms with Gasteiger partial charge in [-0.15, -0.1) is 0 Å². The van der Waals surface area contributed by atoms with Gasteiger partial charge < -0.3 is 10.8 Å². The lowest BCUT2D eigenvalue weighted by molar-refractivity contribution is 0.204. The summed E-state index contributed by atoms with van der Waals surface area (Å²) in [5.41, 5.74) is 7.02. The second-order valence-corrected chi connectivity index (χ2v) is 4.00. The van der Waals surface area contributed by atoms with Crippen molar-refractivity contribution in [2.24, 2.45) is 0 Å². The van der Waals surface area contributed by atoms with Crippen LogP contribution in [-0.4, -0.2) is 21.6 Å². The zero-order chi connectivity index (χ0) is 9.68. The molecule has 0 aromatic carbocycles. The standard InChI is InChI=1S/C9H14N2OS/c1-2-13-6-9(12)7-5-11-4-3-8(7)10/h3-5,9,12H,2,6H2,1H3,(H2,10,11). The number of thioether (sulfide) groups is 1. The van der Waals surface area contributed by atoms with Crippen molar-refractivity contribution in [3.8, 4) is 0 Å². The van der Waals surface area contributed by atoms with Gasteiger partial charge in [-0.05, 0) is 11.8 Å². The van der Waals surface area contributed by atoms with E-state index >= 15 is 0 Å². The van der Waals surface area contributed by atoms with E-state index in [4.69, 9.17) is 5.73 Å². The van der Waals surface area contributed by atoms with E-state index in [2.05, 4.69) is 11.9 Å². The van der Waals surface area contributed by atoms with Gasteiger partial charge in [0.2, 0.25) is 0 Å². The van der Waals surface area contributed by atoms with Crippen LogP contribution in [0.15, 0.2) is 18.5 Å². The monoisotopic (exact) mass is 198 g/mol. The zero-order valence-electron chi connectivity index (χ0n) is 7.60. The number of hydrogen-bond acceptors (Lipinski definition) is 4. The van der Waals surface area contributed by atoms with Crippen molar-refractivity contribution in [2.75, 3.05) is 17.2 Å². The molecule has 0 saturated carbocycles. The Labute approximate surface area is 82.4 Å². The summed E-state index contributed by atoms with van der Waals surface area (Å²) >= 11 is 1.69. The average Bonchev–Trinajstić information content (AvgIpc) is 2.15. The highest BCUT2D eigenvalue weighted by Crippen LogP contribution is 2.21. The Bertz CT molecular complexity index is 268. The molecule has 1 unspecified atom stereocenters. The number of anilines is 1. The normalized spacial score (nSPS) is 12.8. The Balaban J connectivity index is 2.65. The van der Waals surface area contributed by atoms with Gasteiger partial charge in [0.25, 0.3) is 0 Å². The first-order valence-electron chi connectivity index (χ1n) is 4.21. The van der Waals surface area contributed by atoms with Gasteiger partial charge in [-0.1, -0.05) is 6.92 Å². The fourth-order valence-electron chi connectivity index (χ4n) is 1.02. The van der Waals surface area contributed by atoms with Crippen molar-refractivity contribution in [3.05, 3.63) is 24.0 Å². The highest BCUT2D eigenvalue weighted by Gasteiger charge is 2.09. The maximum Gasteiger partial charge on any atom is 0.0915 e. The van der Waals surface area contributed by atoms with Gasteiger partial charge in [-0.2, -0.15) is 11.8 Å². The SMILES string of the molecule is CCSCC(O)c1cnccc1N. The van der Waals surface area contributed by atoms with Crippen LogP contribution in [0.5, 0.6) is 0 Å². The second-order valence-electron chi connectivity index (χ2n) is 2.68. The second kappa shape index (κ2) is 5.09. The Morgan fingerprint density at radius 3 is 3.08 bits per heavy atom. The van der Waals surface area contributed by atoms with Crippen LogP contribution >= 0.6 is 11.8 Å². The van der Waals surface area contributed by atoms with Crippen molar-refractivity contribution < 1.29 is 5.11 Å². The Morgan fingerprint density at radius 2 is 2.46 bits per heavy atom. The molecule has 1 atom stereocenters. The number of aliphatic hydroxyl groups is 1. The largest absolute Gasteiger partial charge is 0.398 e. The molecular weight excluding hydrogens is 184 g/mol. The average molecular weight is 198 g/mol. The lowest BCUT2D eigenvalue weighted by Gasteiger charge is -2.11. The number of aliphatic hydroxyl groups excluding tert-OH is 1. The highest BCUT2D eigenvalue weighted by molar-refractivity contribution is 7.99. The predicted octanol–water partition coefficient (Wildman–Crippen LogP) is 1.45. The van der Waals surface area contributed by atoms with Gasteiger partial charge in [-0.3, -0.25) is 4.98 Å². The van der Waals surface area contributed by atoms with E-state index in [1.165, 1.54) is 0 Å². The van der Waals surface area contributed by atoms with Crippen LogP contribution in [0.25, 0.3) is 0 Å². The van der Waals surface area contributed by atoms with E-state index < -0.39 is 6.10 Å². The van der Waals surface area contributed by atoms with E-state index in [1.807, 2.05) is 0 Å². The minimum absolute atomic E-state index is 0.501. The highest BCUT2D eigenvalue weighted by atomic mass is 32.2. The molecule has 0 aliphatic heterocycles.